The van der Waals surface area contributed by atoms with Crippen molar-refractivity contribution < 1.29 is 9.53 Å². The molecular weight excluding hydrogens is 176 g/mol. The van der Waals surface area contributed by atoms with Gasteiger partial charge >= 0.3 is 5.97 Å². The number of carbonyl (C=O) groups is 1. The van der Waals surface area contributed by atoms with Gasteiger partial charge in [-0.1, -0.05) is 26.3 Å². The van der Waals surface area contributed by atoms with Crippen molar-refractivity contribution >= 4 is 5.97 Å². The number of carbonyl (C=O) groups excluding carboxylic acids is 1. The Labute approximate surface area is 85.3 Å². The SMILES string of the molecule is C=C1C(=O)OCC2CCCCC12CC. The molecule has 2 nitrogen and oxygen atoms in total. The molecule has 0 aromatic carbocycles. The number of hydrogen-bond donors (Lipinski definition) is 0. The predicted octanol–water partition coefficient (Wildman–Crippen LogP) is 2.69. The maximum Gasteiger partial charge on any atom is 0.333 e. The van der Waals surface area contributed by atoms with Crippen LogP contribution < -0.4 is 0 Å². The predicted molar refractivity (Wildman–Crippen MR) is 54.8 cm³/mol. The zero-order valence-corrected chi connectivity index (χ0v) is 8.84. The van der Waals surface area contributed by atoms with Crippen LogP contribution in [0.2, 0.25) is 0 Å². The van der Waals surface area contributed by atoms with Gasteiger partial charge in [-0.25, -0.2) is 4.79 Å². The van der Waals surface area contributed by atoms with Crippen molar-refractivity contribution in [3.8, 4) is 0 Å². The Hall–Kier alpha value is -0.790. The number of rotatable bonds is 1. The number of hydrogen-bond acceptors (Lipinski definition) is 2. The van der Waals surface area contributed by atoms with Gasteiger partial charge in [-0.3, -0.25) is 0 Å². The normalized spacial score (nSPS) is 37.6. The molecule has 1 saturated heterocycles. The molecular formula is C12H18O2. The second-order valence-corrected chi connectivity index (χ2v) is 4.53. The van der Waals surface area contributed by atoms with Crippen LogP contribution in [0.5, 0.6) is 0 Å². The fraction of sp³-hybridized carbons (Fsp3) is 0.750. The van der Waals surface area contributed by atoms with Crippen molar-refractivity contribution in [2.24, 2.45) is 11.3 Å². The summed E-state index contributed by atoms with van der Waals surface area (Å²) in [6, 6.07) is 0. The molecule has 0 aromatic rings. The second-order valence-electron chi connectivity index (χ2n) is 4.53. The molecule has 1 aliphatic heterocycles. The average molecular weight is 194 g/mol. The lowest BCUT2D eigenvalue weighted by Gasteiger charge is -2.47. The number of fused-ring (bicyclic) bond motifs is 1. The molecule has 0 amide bonds. The van der Waals surface area contributed by atoms with Gasteiger partial charge in [0.15, 0.2) is 0 Å². The standard InChI is InChI=1S/C12H18O2/c1-3-12-7-5-4-6-10(12)8-14-11(13)9(12)2/h10H,2-8H2,1H3. The third-order valence-corrected chi connectivity index (χ3v) is 4.10. The van der Waals surface area contributed by atoms with Crippen molar-refractivity contribution in [3.63, 3.8) is 0 Å². The van der Waals surface area contributed by atoms with Crippen molar-refractivity contribution in [3.05, 3.63) is 12.2 Å². The lowest BCUT2D eigenvalue weighted by Crippen LogP contribution is -2.44. The third kappa shape index (κ3) is 1.20. The fourth-order valence-corrected chi connectivity index (χ4v) is 3.10. The third-order valence-electron chi connectivity index (χ3n) is 4.10. The van der Waals surface area contributed by atoms with Crippen LogP contribution in [0, 0.1) is 11.3 Å². The van der Waals surface area contributed by atoms with Crippen LogP contribution in [0.3, 0.4) is 0 Å². The lowest BCUT2D eigenvalue weighted by molar-refractivity contribution is -0.151. The Morgan fingerprint density at radius 3 is 3.07 bits per heavy atom. The van der Waals surface area contributed by atoms with Crippen LogP contribution in [0.1, 0.15) is 39.0 Å². The largest absolute Gasteiger partial charge is 0.462 e. The van der Waals surface area contributed by atoms with E-state index in [1.54, 1.807) is 0 Å². The minimum absolute atomic E-state index is 0.0770. The van der Waals surface area contributed by atoms with Crippen LogP contribution in [-0.4, -0.2) is 12.6 Å². The van der Waals surface area contributed by atoms with E-state index in [0.29, 0.717) is 12.5 Å². The molecule has 0 radical (unpaired) electrons. The first kappa shape index (κ1) is 9.75. The summed E-state index contributed by atoms with van der Waals surface area (Å²) in [6.07, 6.45) is 5.86. The molecule has 2 aliphatic rings. The average Bonchev–Trinajstić information content (AvgIpc) is 2.24. The molecule has 2 unspecified atom stereocenters. The van der Waals surface area contributed by atoms with Gasteiger partial charge in [-0.05, 0) is 19.3 Å². The first-order valence-electron chi connectivity index (χ1n) is 5.57. The number of ether oxygens (including phenoxy) is 1. The van der Waals surface area contributed by atoms with E-state index in [9.17, 15) is 4.79 Å². The van der Waals surface area contributed by atoms with E-state index in [0.717, 1.165) is 18.4 Å². The fourth-order valence-electron chi connectivity index (χ4n) is 3.10. The monoisotopic (exact) mass is 194 g/mol. The minimum atomic E-state index is -0.162. The number of cyclic esters (lactones) is 1. The highest BCUT2D eigenvalue weighted by molar-refractivity contribution is 5.90. The summed E-state index contributed by atoms with van der Waals surface area (Å²) in [6.45, 7) is 6.73. The van der Waals surface area contributed by atoms with Crippen LogP contribution in [0.25, 0.3) is 0 Å². The molecule has 1 saturated carbocycles. The second kappa shape index (κ2) is 3.41. The summed E-state index contributed by atoms with van der Waals surface area (Å²) in [4.78, 5) is 11.5. The van der Waals surface area contributed by atoms with E-state index >= 15 is 0 Å². The van der Waals surface area contributed by atoms with E-state index in [-0.39, 0.29) is 11.4 Å². The van der Waals surface area contributed by atoms with Crippen LogP contribution in [-0.2, 0) is 9.53 Å². The van der Waals surface area contributed by atoms with E-state index in [1.807, 2.05) is 0 Å². The van der Waals surface area contributed by atoms with Crippen molar-refractivity contribution in [1.82, 2.24) is 0 Å². The minimum Gasteiger partial charge on any atom is -0.462 e. The van der Waals surface area contributed by atoms with E-state index in [4.69, 9.17) is 4.74 Å². The molecule has 2 heteroatoms. The van der Waals surface area contributed by atoms with E-state index < -0.39 is 0 Å². The van der Waals surface area contributed by atoms with Gasteiger partial charge < -0.3 is 4.74 Å². The van der Waals surface area contributed by atoms with Gasteiger partial charge in [0, 0.05) is 16.9 Å². The summed E-state index contributed by atoms with van der Waals surface area (Å²) in [5.41, 5.74) is 0.809. The van der Waals surface area contributed by atoms with Gasteiger partial charge in [0.1, 0.15) is 0 Å². The molecule has 0 N–H and O–H groups in total. The van der Waals surface area contributed by atoms with Gasteiger partial charge in [0.2, 0.25) is 0 Å². The molecule has 1 heterocycles. The molecule has 2 rings (SSSR count). The highest BCUT2D eigenvalue weighted by Crippen LogP contribution is 2.51. The van der Waals surface area contributed by atoms with Gasteiger partial charge in [-0.15, -0.1) is 0 Å². The summed E-state index contributed by atoms with van der Waals surface area (Å²) in [5, 5.41) is 0. The lowest BCUT2D eigenvalue weighted by atomic mass is 9.60. The van der Waals surface area contributed by atoms with E-state index in [1.165, 1.54) is 19.3 Å². The van der Waals surface area contributed by atoms with Crippen LogP contribution in [0.15, 0.2) is 12.2 Å². The summed E-state index contributed by atoms with van der Waals surface area (Å²) >= 11 is 0. The van der Waals surface area contributed by atoms with Crippen molar-refractivity contribution in [2.75, 3.05) is 6.61 Å². The Morgan fingerprint density at radius 2 is 2.36 bits per heavy atom. The Balaban J connectivity index is 2.31. The molecule has 0 spiro atoms. The number of esters is 1. The zero-order valence-electron chi connectivity index (χ0n) is 8.84. The van der Waals surface area contributed by atoms with Crippen molar-refractivity contribution in [1.29, 1.82) is 0 Å². The highest BCUT2D eigenvalue weighted by atomic mass is 16.5. The maximum absolute atomic E-state index is 11.5. The summed E-state index contributed by atoms with van der Waals surface area (Å²) in [7, 11) is 0. The molecule has 78 valence electrons. The first-order valence-corrected chi connectivity index (χ1v) is 5.57. The van der Waals surface area contributed by atoms with Crippen LogP contribution in [0.4, 0.5) is 0 Å². The molecule has 2 fully saturated rings. The van der Waals surface area contributed by atoms with E-state index in [2.05, 4.69) is 13.5 Å². The van der Waals surface area contributed by atoms with Gasteiger partial charge in [-0.2, -0.15) is 0 Å². The van der Waals surface area contributed by atoms with Crippen molar-refractivity contribution in [2.45, 2.75) is 39.0 Å². The molecule has 14 heavy (non-hydrogen) atoms. The van der Waals surface area contributed by atoms with Crippen LogP contribution >= 0.6 is 0 Å². The smallest absolute Gasteiger partial charge is 0.333 e. The molecule has 0 aromatic heterocycles. The molecule has 1 aliphatic carbocycles. The summed E-state index contributed by atoms with van der Waals surface area (Å²) in [5.74, 6) is 0.372. The zero-order chi connectivity index (χ0) is 10.2. The highest BCUT2D eigenvalue weighted by Gasteiger charge is 2.47. The first-order chi connectivity index (χ1) is 6.70. The molecule has 2 atom stereocenters. The Morgan fingerprint density at radius 1 is 1.57 bits per heavy atom. The van der Waals surface area contributed by atoms with Gasteiger partial charge in [0.25, 0.3) is 0 Å². The maximum atomic E-state index is 11.5. The topological polar surface area (TPSA) is 26.3 Å². The molecule has 0 bridgehead atoms. The quantitative estimate of drug-likeness (QED) is 0.474. The Kier molecular flexibility index (Phi) is 2.38. The van der Waals surface area contributed by atoms with Gasteiger partial charge in [0.05, 0.1) is 6.61 Å². The summed E-state index contributed by atoms with van der Waals surface area (Å²) < 4.78 is 5.15. The Bertz CT molecular complexity index is 269.